The van der Waals surface area contributed by atoms with Gasteiger partial charge in [-0.1, -0.05) is 97.1 Å². The largest absolute Gasteiger partial charge is 0.309 e. The number of benzene rings is 7. The molecule has 0 saturated heterocycles. The van der Waals surface area contributed by atoms with E-state index in [0.717, 1.165) is 40.7 Å². The van der Waals surface area contributed by atoms with Crippen LogP contribution < -0.4 is 0 Å². The van der Waals surface area contributed by atoms with Gasteiger partial charge in [0.1, 0.15) is 0 Å². The Bertz CT molecular complexity index is 3600. The van der Waals surface area contributed by atoms with Gasteiger partial charge in [-0.3, -0.25) is 0 Å². The highest BCUT2D eigenvalue weighted by Gasteiger charge is 2.27. The molecule has 0 amide bonds. The normalized spacial score (nSPS) is 13.0. The molecule has 11 aromatic rings. The Balaban J connectivity index is 1.13. The Morgan fingerprint density at radius 2 is 1.07 bits per heavy atom. The molecule has 59 heavy (non-hydrogen) atoms. The van der Waals surface area contributed by atoms with Gasteiger partial charge in [0.05, 0.1) is 38.4 Å². The number of allylic oxidation sites excluding steroid dienone is 4. The number of thiophene rings is 1. The first-order valence-corrected chi connectivity index (χ1v) is 20.6. The summed E-state index contributed by atoms with van der Waals surface area (Å²) in [6, 6.07) is 54.8. The summed E-state index contributed by atoms with van der Waals surface area (Å²) in [4.78, 5) is 14.9. The molecule has 7 heteroatoms. The average molecular weight is 773 g/mol. The Hall–Kier alpha value is -7.66. The van der Waals surface area contributed by atoms with Gasteiger partial charge in [-0.15, -0.1) is 11.3 Å². The van der Waals surface area contributed by atoms with E-state index in [1.807, 2.05) is 53.8 Å². The Labute approximate surface area is 342 Å². The van der Waals surface area contributed by atoms with E-state index in [4.69, 9.17) is 15.0 Å². The van der Waals surface area contributed by atoms with E-state index in [0.29, 0.717) is 23.0 Å². The molecular weight excluding hydrogens is 741 g/mol. The Morgan fingerprint density at radius 3 is 1.71 bits per heavy atom. The maximum absolute atomic E-state index is 9.42. The fourth-order valence-corrected chi connectivity index (χ4v) is 10.2. The highest BCUT2D eigenvalue weighted by Crippen LogP contribution is 2.51. The zero-order chi connectivity index (χ0) is 39.0. The quantitative estimate of drug-likeness (QED) is 0.175. The van der Waals surface area contributed by atoms with Gasteiger partial charge in [0.25, 0.3) is 0 Å². The van der Waals surface area contributed by atoms with Crippen molar-refractivity contribution in [3.05, 3.63) is 175 Å². The van der Waals surface area contributed by atoms with Crippen LogP contribution >= 0.6 is 11.3 Å². The monoisotopic (exact) mass is 772 g/mol. The molecule has 1 aliphatic carbocycles. The van der Waals surface area contributed by atoms with Crippen LogP contribution in [0.1, 0.15) is 18.4 Å². The van der Waals surface area contributed by atoms with E-state index < -0.39 is 0 Å². The van der Waals surface area contributed by atoms with Gasteiger partial charge in [0.2, 0.25) is 0 Å². The van der Waals surface area contributed by atoms with Crippen LogP contribution in [-0.4, -0.2) is 24.1 Å². The summed E-state index contributed by atoms with van der Waals surface area (Å²) in [6.07, 6.45) is 9.09. The molecule has 0 atom stereocenters. The summed E-state index contributed by atoms with van der Waals surface area (Å²) in [5.41, 5.74) is 10.4. The number of para-hydroxylation sites is 2. The molecule has 0 N–H and O–H groups in total. The predicted octanol–water partition coefficient (Wildman–Crippen LogP) is 13.5. The van der Waals surface area contributed by atoms with Crippen molar-refractivity contribution in [3.8, 4) is 45.9 Å². The lowest BCUT2D eigenvalue weighted by Gasteiger charge is -2.14. The second-order valence-corrected chi connectivity index (χ2v) is 16.0. The van der Waals surface area contributed by atoms with E-state index in [1.54, 1.807) is 12.1 Å². The fourth-order valence-electron chi connectivity index (χ4n) is 8.99. The molecule has 0 fully saturated rings. The SMILES string of the molecule is N#Cc1ccc(-c2nc(-c3ccccc3)nc(-c3ccc(-n4c5ccccc5c5c6c7ccccc7n(C7=CCCC=C7)c6c6c7ccccc7sc6c54)cc3)n2)cc1. The van der Waals surface area contributed by atoms with Gasteiger partial charge in [-0.25, -0.2) is 15.0 Å². The number of hydrogen-bond donors (Lipinski definition) is 0. The third-order valence-corrected chi connectivity index (χ3v) is 12.8. The van der Waals surface area contributed by atoms with E-state index in [2.05, 4.69) is 130 Å². The number of rotatable bonds is 5. The van der Waals surface area contributed by atoms with Crippen molar-refractivity contribution in [1.29, 1.82) is 5.26 Å². The molecule has 0 aliphatic heterocycles. The second-order valence-electron chi connectivity index (χ2n) is 15.0. The van der Waals surface area contributed by atoms with Crippen molar-refractivity contribution in [2.75, 3.05) is 0 Å². The zero-order valence-electron chi connectivity index (χ0n) is 31.7. The van der Waals surface area contributed by atoms with Gasteiger partial charge >= 0.3 is 0 Å². The molecule has 12 rings (SSSR count). The van der Waals surface area contributed by atoms with Crippen molar-refractivity contribution in [3.63, 3.8) is 0 Å². The minimum absolute atomic E-state index is 0.555. The molecule has 276 valence electrons. The van der Waals surface area contributed by atoms with E-state index >= 15 is 0 Å². The second kappa shape index (κ2) is 13.2. The van der Waals surface area contributed by atoms with Crippen LogP contribution in [0.3, 0.4) is 0 Å². The highest BCUT2D eigenvalue weighted by molar-refractivity contribution is 7.27. The van der Waals surface area contributed by atoms with Gasteiger partial charge in [-0.2, -0.15) is 5.26 Å². The van der Waals surface area contributed by atoms with E-state index in [-0.39, 0.29) is 0 Å². The van der Waals surface area contributed by atoms with Crippen molar-refractivity contribution >= 4 is 80.8 Å². The molecule has 0 bridgehead atoms. The maximum Gasteiger partial charge on any atom is 0.164 e. The molecule has 6 nitrogen and oxygen atoms in total. The minimum atomic E-state index is 0.555. The number of fused-ring (bicyclic) bond motifs is 12. The summed E-state index contributed by atoms with van der Waals surface area (Å²) < 4.78 is 7.53. The molecular formula is C52H32N6S. The van der Waals surface area contributed by atoms with Gasteiger partial charge in [0.15, 0.2) is 17.5 Å². The molecule has 1 aliphatic rings. The van der Waals surface area contributed by atoms with Crippen molar-refractivity contribution in [2.45, 2.75) is 12.8 Å². The lowest BCUT2D eigenvalue weighted by Crippen LogP contribution is -2.00. The number of nitriles is 1. The first-order chi connectivity index (χ1) is 29.2. The van der Waals surface area contributed by atoms with Gasteiger partial charge in [-0.05, 0) is 85.6 Å². The average Bonchev–Trinajstić information content (AvgIpc) is 3.98. The predicted molar refractivity (Wildman–Crippen MR) is 244 cm³/mol. The summed E-state index contributed by atoms with van der Waals surface area (Å²) in [6.45, 7) is 0. The van der Waals surface area contributed by atoms with E-state index in [1.165, 1.54) is 64.0 Å². The summed E-state index contributed by atoms with van der Waals surface area (Å²) in [5, 5.41) is 17.0. The topological polar surface area (TPSA) is 72.3 Å². The number of aromatic nitrogens is 5. The number of nitrogens with zero attached hydrogens (tertiary/aromatic N) is 6. The van der Waals surface area contributed by atoms with Crippen LogP contribution in [0.15, 0.2) is 170 Å². The Morgan fingerprint density at radius 1 is 0.508 bits per heavy atom. The smallest absolute Gasteiger partial charge is 0.164 e. The van der Waals surface area contributed by atoms with Crippen molar-refractivity contribution in [1.82, 2.24) is 24.1 Å². The lowest BCUT2D eigenvalue weighted by molar-refractivity contribution is 1.02. The van der Waals surface area contributed by atoms with Gasteiger partial charge < -0.3 is 9.13 Å². The van der Waals surface area contributed by atoms with Crippen LogP contribution in [0, 0.1) is 11.3 Å². The first-order valence-electron chi connectivity index (χ1n) is 19.8. The number of hydrogen-bond acceptors (Lipinski definition) is 5. The molecule has 0 unspecified atom stereocenters. The van der Waals surface area contributed by atoms with Crippen molar-refractivity contribution in [2.24, 2.45) is 0 Å². The molecule has 4 aromatic heterocycles. The first kappa shape index (κ1) is 33.5. The molecule has 0 radical (unpaired) electrons. The van der Waals surface area contributed by atoms with Crippen LogP contribution in [0.5, 0.6) is 0 Å². The molecule has 4 heterocycles. The Kier molecular flexibility index (Phi) is 7.49. The highest BCUT2D eigenvalue weighted by atomic mass is 32.1. The van der Waals surface area contributed by atoms with E-state index in [9.17, 15) is 5.26 Å². The zero-order valence-corrected chi connectivity index (χ0v) is 32.5. The summed E-state index contributed by atoms with van der Waals surface area (Å²) in [7, 11) is 0. The van der Waals surface area contributed by atoms with Crippen LogP contribution in [-0.2, 0) is 0 Å². The van der Waals surface area contributed by atoms with Gasteiger partial charge in [0, 0.05) is 65.1 Å². The van der Waals surface area contributed by atoms with Crippen LogP contribution in [0.25, 0.3) is 109 Å². The fraction of sp³-hybridized carbons (Fsp3) is 0.0385. The third-order valence-electron chi connectivity index (χ3n) is 11.6. The summed E-state index contributed by atoms with van der Waals surface area (Å²) in [5.74, 6) is 1.73. The molecule has 0 spiro atoms. The maximum atomic E-state index is 9.42. The van der Waals surface area contributed by atoms with Crippen molar-refractivity contribution < 1.29 is 0 Å². The van der Waals surface area contributed by atoms with Crippen LogP contribution in [0.4, 0.5) is 0 Å². The molecule has 0 saturated carbocycles. The summed E-state index contributed by atoms with van der Waals surface area (Å²) >= 11 is 1.88. The lowest BCUT2D eigenvalue weighted by atomic mass is 10.0. The van der Waals surface area contributed by atoms with Crippen LogP contribution in [0.2, 0.25) is 0 Å². The minimum Gasteiger partial charge on any atom is -0.309 e. The standard InChI is InChI=1S/C52H32N6S/c53-31-32-23-25-34(26-24-32)51-54-50(33-13-3-1-4-14-33)55-52(56-51)35-27-29-37(30-28-35)58-42-21-11-8-18-39(42)45-44-38-17-7-10-20-41(38)57(36-15-5-2-6-16-36)47(44)46-40-19-9-12-22-43(40)59-49(46)48(45)58/h1,3-5,7-30H,2,6H2. The third kappa shape index (κ3) is 5.14. The molecule has 7 aromatic carbocycles.